The van der Waals surface area contributed by atoms with E-state index in [1.54, 1.807) is 14.7 Å². The Morgan fingerprint density at radius 1 is 0.417 bits per heavy atom. The van der Waals surface area contributed by atoms with E-state index < -0.39 is 17.9 Å². The molecule has 1 heterocycles. The van der Waals surface area contributed by atoms with Crippen LogP contribution >= 0.6 is 0 Å². The lowest BCUT2D eigenvalue weighted by atomic mass is 10.1. The first-order chi connectivity index (χ1) is 23.1. The van der Waals surface area contributed by atoms with Gasteiger partial charge in [0.15, 0.2) is 0 Å². The molecule has 1 aliphatic rings. The summed E-state index contributed by atoms with van der Waals surface area (Å²) < 4.78 is 0. The number of unbranched alkanes of at least 4 members (excludes halogenated alkanes) is 14. The van der Waals surface area contributed by atoms with Crippen molar-refractivity contribution in [2.75, 3.05) is 91.6 Å². The Balaban J connectivity index is 2.92. The van der Waals surface area contributed by atoms with Crippen LogP contribution in [-0.4, -0.2) is 155 Å². The monoisotopic (exact) mass is 684 g/mol. The van der Waals surface area contributed by atoms with E-state index in [2.05, 4.69) is 13.8 Å². The van der Waals surface area contributed by atoms with E-state index in [4.69, 9.17) is 0 Å². The molecule has 1 rings (SSSR count). The van der Waals surface area contributed by atoms with E-state index in [1.807, 2.05) is 9.80 Å². The van der Waals surface area contributed by atoms with Gasteiger partial charge in [-0.15, -0.1) is 0 Å². The summed E-state index contributed by atoms with van der Waals surface area (Å²) in [7, 11) is 0. The molecule has 0 radical (unpaired) electrons. The van der Waals surface area contributed by atoms with Crippen molar-refractivity contribution >= 4 is 23.8 Å². The molecule has 0 bridgehead atoms. The normalized spacial score (nSPS) is 16.3. The highest BCUT2D eigenvalue weighted by molar-refractivity contribution is 5.78. The minimum atomic E-state index is -0.982. The maximum absolute atomic E-state index is 13.8. The predicted octanol–water partition coefficient (Wildman–Crippen LogP) is 4.57. The van der Waals surface area contributed by atoms with Crippen molar-refractivity contribution in [2.45, 2.75) is 117 Å². The van der Waals surface area contributed by atoms with Crippen molar-refractivity contribution in [3.63, 3.8) is 0 Å². The standard InChI is InChI=1S/C36H69N5O7/c1-3-5-7-9-11-13-15-17-19-41(20-18-16-14-12-10-8-6-4-2)33(42)29-37-21-23-38(30-34(43)44)25-27-40(32-36(47)48)28-26-39(24-22-37)31-35(45)46/h3-32H2,1-2H3,(H,43,44)(H,45,46)(H,47,48). The van der Waals surface area contributed by atoms with Crippen molar-refractivity contribution in [2.24, 2.45) is 0 Å². The lowest BCUT2D eigenvalue weighted by Crippen LogP contribution is -2.50. The summed E-state index contributed by atoms with van der Waals surface area (Å²) >= 11 is 0. The fraction of sp³-hybridized carbons (Fsp3) is 0.889. The Morgan fingerprint density at radius 2 is 0.667 bits per heavy atom. The van der Waals surface area contributed by atoms with Gasteiger partial charge in [-0.2, -0.15) is 0 Å². The maximum Gasteiger partial charge on any atom is 0.317 e. The van der Waals surface area contributed by atoms with Gasteiger partial charge in [0.05, 0.1) is 26.2 Å². The Bertz CT molecular complexity index is 826. The van der Waals surface area contributed by atoms with Crippen LogP contribution < -0.4 is 0 Å². The molecule has 0 aromatic heterocycles. The molecule has 1 saturated heterocycles. The highest BCUT2D eigenvalue weighted by atomic mass is 16.4. The summed E-state index contributed by atoms with van der Waals surface area (Å²) in [6.45, 7) is 8.79. The van der Waals surface area contributed by atoms with Crippen molar-refractivity contribution in [1.29, 1.82) is 0 Å². The zero-order valence-corrected chi connectivity index (χ0v) is 30.4. The van der Waals surface area contributed by atoms with Gasteiger partial charge in [-0.25, -0.2) is 0 Å². The van der Waals surface area contributed by atoms with E-state index in [9.17, 15) is 34.5 Å². The summed E-state index contributed by atoms with van der Waals surface area (Å²) in [5, 5.41) is 28.4. The van der Waals surface area contributed by atoms with Gasteiger partial charge in [0, 0.05) is 65.4 Å². The van der Waals surface area contributed by atoms with E-state index in [-0.39, 0.29) is 32.1 Å². The van der Waals surface area contributed by atoms with E-state index in [1.165, 1.54) is 77.0 Å². The minimum absolute atomic E-state index is 0.0789. The lowest BCUT2D eigenvalue weighted by molar-refractivity contribution is -0.140. The SMILES string of the molecule is CCCCCCCCCCN(CCCCCCCCCC)C(=O)CN1CCN(CC(=O)O)CCN(CC(=O)O)CCN(CC(=O)O)CC1. The number of carboxylic acid groups (broad SMARTS) is 3. The molecule has 0 spiro atoms. The second-order valence-corrected chi connectivity index (χ2v) is 13.6. The summed E-state index contributed by atoms with van der Waals surface area (Å²) in [6, 6.07) is 0. The smallest absolute Gasteiger partial charge is 0.317 e. The van der Waals surface area contributed by atoms with Gasteiger partial charge in [0.2, 0.25) is 5.91 Å². The summed E-state index contributed by atoms with van der Waals surface area (Å²) in [5.41, 5.74) is 0. The zero-order valence-electron chi connectivity index (χ0n) is 30.4. The molecule has 1 fully saturated rings. The number of nitrogens with zero attached hydrogens (tertiary/aromatic N) is 5. The van der Waals surface area contributed by atoms with Gasteiger partial charge in [-0.05, 0) is 12.8 Å². The number of hydrogen-bond acceptors (Lipinski definition) is 8. The second-order valence-electron chi connectivity index (χ2n) is 13.6. The first-order valence-corrected chi connectivity index (χ1v) is 19.0. The van der Waals surface area contributed by atoms with Crippen LogP contribution in [0.5, 0.6) is 0 Å². The largest absolute Gasteiger partial charge is 0.480 e. The minimum Gasteiger partial charge on any atom is -0.480 e. The molecule has 1 aliphatic heterocycles. The molecule has 3 N–H and O–H groups in total. The molecule has 1 amide bonds. The fourth-order valence-corrected chi connectivity index (χ4v) is 6.31. The molecule has 0 saturated carbocycles. The highest BCUT2D eigenvalue weighted by Crippen LogP contribution is 2.12. The first kappa shape index (κ1) is 43.7. The van der Waals surface area contributed by atoms with Crippen LogP contribution in [0.2, 0.25) is 0 Å². The number of carboxylic acids is 3. The number of hydrogen-bond donors (Lipinski definition) is 3. The summed E-state index contributed by atoms with van der Waals surface area (Å²) in [4.78, 5) is 57.9. The molecule has 12 heteroatoms. The average Bonchev–Trinajstić information content (AvgIpc) is 3.02. The fourth-order valence-electron chi connectivity index (χ4n) is 6.31. The molecule has 0 atom stereocenters. The van der Waals surface area contributed by atoms with E-state index >= 15 is 0 Å². The molecule has 0 unspecified atom stereocenters. The van der Waals surface area contributed by atoms with Crippen molar-refractivity contribution in [3.05, 3.63) is 0 Å². The Kier molecular flexibility index (Phi) is 26.0. The first-order valence-electron chi connectivity index (χ1n) is 19.0. The molecule has 280 valence electrons. The zero-order chi connectivity index (χ0) is 35.4. The predicted molar refractivity (Wildman–Crippen MR) is 190 cm³/mol. The summed E-state index contributed by atoms with van der Waals surface area (Å²) in [6.07, 6.45) is 19.3. The molecule has 0 aromatic rings. The quantitative estimate of drug-likeness (QED) is 0.110. The van der Waals surface area contributed by atoms with Crippen LogP contribution in [0.1, 0.15) is 117 Å². The van der Waals surface area contributed by atoms with Gasteiger partial charge < -0.3 is 20.2 Å². The molecule has 0 aromatic carbocycles. The molecule has 48 heavy (non-hydrogen) atoms. The number of rotatable bonds is 26. The number of carbonyl (C=O) groups is 4. The molecular formula is C36H69N5O7. The number of carbonyl (C=O) groups excluding carboxylic acids is 1. The Morgan fingerprint density at radius 3 is 0.938 bits per heavy atom. The van der Waals surface area contributed by atoms with Crippen LogP contribution in [0, 0.1) is 0 Å². The van der Waals surface area contributed by atoms with E-state index in [0.29, 0.717) is 52.4 Å². The topological polar surface area (TPSA) is 145 Å². The van der Waals surface area contributed by atoms with Gasteiger partial charge in [0.1, 0.15) is 0 Å². The van der Waals surface area contributed by atoms with E-state index in [0.717, 1.165) is 38.8 Å². The maximum atomic E-state index is 13.8. The van der Waals surface area contributed by atoms with Gasteiger partial charge >= 0.3 is 17.9 Å². The Labute approximate surface area is 290 Å². The molecule has 12 nitrogen and oxygen atoms in total. The van der Waals surface area contributed by atoms with Crippen molar-refractivity contribution in [3.8, 4) is 0 Å². The third-order valence-corrected chi connectivity index (χ3v) is 9.28. The molecule has 0 aliphatic carbocycles. The van der Waals surface area contributed by atoms with Gasteiger partial charge in [0.25, 0.3) is 0 Å². The summed E-state index contributed by atoms with van der Waals surface area (Å²) in [5.74, 6) is -2.81. The van der Waals surface area contributed by atoms with Crippen molar-refractivity contribution < 1.29 is 34.5 Å². The van der Waals surface area contributed by atoms with Gasteiger partial charge in [-0.1, -0.05) is 104 Å². The van der Waals surface area contributed by atoms with Crippen LogP contribution in [0.3, 0.4) is 0 Å². The van der Waals surface area contributed by atoms with Crippen LogP contribution in [0.4, 0.5) is 0 Å². The Hall–Kier alpha value is -2.28. The lowest BCUT2D eigenvalue weighted by Gasteiger charge is -2.33. The number of amides is 1. The van der Waals surface area contributed by atoms with Crippen LogP contribution in [-0.2, 0) is 19.2 Å². The number of aliphatic carboxylic acids is 3. The average molecular weight is 684 g/mol. The van der Waals surface area contributed by atoms with Crippen molar-refractivity contribution in [1.82, 2.24) is 24.5 Å². The third-order valence-electron chi connectivity index (χ3n) is 9.28. The molecular weight excluding hydrogens is 614 g/mol. The third kappa shape index (κ3) is 23.9. The van der Waals surface area contributed by atoms with Crippen LogP contribution in [0.15, 0.2) is 0 Å². The van der Waals surface area contributed by atoms with Crippen LogP contribution in [0.25, 0.3) is 0 Å². The van der Waals surface area contributed by atoms with Gasteiger partial charge in [-0.3, -0.25) is 38.8 Å². The second kappa shape index (κ2) is 28.5. The highest BCUT2D eigenvalue weighted by Gasteiger charge is 2.22.